The van der Waals surface area contributed by atoms with Gasteiger partial charge in [0.15, 0.2) is 0 Å². The van der Waals surface area contributed by atoms with E-state index in [0.717, 1.165) is 12.1 Å². The van der Waals surface area contributed by atoms with Crippen LogP contribution in [0.2, 0.25) is 0 Å². The number of nitrogens with zero attached hydrogens (tertiary/aromatic N) is 1. The van der Waals surface area contributed by atoms with E-state index in [1.165, 1.54) is 0 Å². The van der Waals surface area contributed by atoms with Crippen molar-refractivity contribution in [2.45, 2.75) is 6.18 Å². The van der Waals surface area contributed by atoms with E-state index in [0.29, 0.717) is 32.4 Å². The summed E-state index contributed by atoms with van der Waals surface area (Å²) >= 11 is 0. The summed E-state index contributed by atoms with van der Waals surface area (Å²) in [6.45, 7) is 2.13. The average molecular weight is 264 g/mol. The molecule has 1 fully saturated rings. The number of nitrogens with one attached hydrogen (secondary N) is 1. The van der Waals surface area contributed by atoms with Crippen molar-refractivity contribution in [3.63, 3.8) is 0 Å². The zero-order valence-electron chi connectivity index (χ0n) is 9.43. The molecule has 1 aromatic rings. The minimum absolute atomic E-state index is 0.0323. The Morgan fingerprint density at radius 1 is 1.17 bits per heavy atom. The second-order valence-electron chi connectivity index (χ2n) is 3.90. The van der Waals surface area contributed by atoms with Gasteiger partial charge in [0.05, 0.1) is 24.5 Å². The number of hydrazine groups is 1. The molecule has 1 N–H and O–H groups in total. The highest BCUT2D eigenvalue weighted by atomic mass is 19.4. The van der Waals surface area contributed by atoms with E-state index in [2.05, 4.69) is 5.43 Å². The van der Waals surface area contributed by atoms with E-state index in [1.54, 1.807) is 5.01 Å². The number of alkyl halides is 3. The number of benzene rings is 1. The molecule has 0 aliphatic carbocycles. The van der Waals surface area contributed by atoms with Crippen LogP contribution in [0.25, 0.3) is 0 Å². The summed E-state index contributed by atoms with van der Waals surface area (Å²) in [7, 11) is 0. The van der Waals surface area contributed by atoms with E-state index in [1.807, 2.05) is 0 Å². The molecule has 2 rings (SSSR count). The van der Waals surface area contributed by atoms with E-state index >= 15 is 0 Å². The molecule has 0 bridgehead atoms. The predicted molar refractivity (Wildman–Crippen MR) is 57.4 cm³/mol. The Balaban J connectivity index is 2.09. The lowest BCUT2D eigenvalue weighted by molar-refractivity contribution is -0.137. The summed E-state index contributed by atoms with van der Waals surface area (Å²) in [5, 5.41) is 1.70. The molecule has 1 aromatic carbocycles. The van der Waals surface area contributed by atoms with Crippen LogP contribution in [-0.4, -0.2) is 31.3 Å². The number of hydrogen-bond donors (Lipinski definition) is 1. The topological polar surface area (TPSA) is 24.5 Å². The van der Waals surface area contributed by atoms with E-state index in [9.17, 15) is 17.6 Å². The van der Waals surface area contributed by atoms with Gasteiger partial charge in [0.25, 0.3) is 0 Å². The van der Waals surface area contributed by atoms with E-state index < -0.39 is 17.6 Å². The molecule has 18 heavy (non-hydrogen) atoms. The van der Waals surface area contributed by atoms with Gasteiger partial charge in [-0.15, -0.1) is 0 Å². The Morgan fingerprint density at radius 2 is 1.83 bits per heavy atom. The molecule has 7 heteroatoms. The second-order valence-corrected chi connectivity index (χ2v) is 3.90. The standard InChI is InChI=1S/C11H12F4N2O/c12-9-7-8(11(13,14)15)1-2-10(9)16-17-3-5-18-6-4-17/h1-2,7,16H,3-6H2. The smallest absolute Gasteiger partial charge is 0.379 e. The first kappa shape index (κ1) is 13.1. The SMILES string of the molecule is Fc1cc(C(F)(F)F)ccc1NN1CCOCC1. The highest BCUT2D eigenvalue weighted by molar-refractivity contribution is 5.46. The largest absolute Gasteiger partial charge is 0.416 e. The molecule has 0 amide bonds. The van der Waals surface area contributed by atoms with Crippen LogP contribution in [-0.2, 0) is 10.9 Å². The van der Waals surface area contributed by atoms with Gasteiger partial charge in [0, 0.05) is 13.1 Å². The van der Waals surface area contributed by atoms with Crippen molar-refractivity contribution >= 4 is 5.69 Å². The first-order valence-corrected chi connectivity index (χ1v) is 5.43. The van der Waals surface area contributed by atoms with Crippen molar-refractivity contribution in [1.82, 2.24) is 5.01 Å². The van der Waals surface area contributed by atoms with Crippen LogP contribution in [0, 0.1) is 5.82 Å². The lowest BCUT2D eigenvalue weighted by Crippen LogP contribution is -2.40. The highest BCUT2D eigenvalue weighted by Crippen LogP contribution is 2.31. The minimum Gasteiger partial charge on any atom is -0.379 e. The van der Waals surface area contributed by atoms with Crippen molar-refractivity contribution in [3.8, 4) is 0 Å². The third-order valence-electron chi connectivity index (χ3n) is 2.59. The molecule has 0 radical (unpaired) electrons. The first-order chi connectivity index (χ1) is 8.47. The van der Waals surface area contributed by atoms with Crippen LogP contribution in [0.15, 0.2) is 18.2 Å². The quantitative estimate of drug-likeness (QED) is 0.831. The summed E-state index contributed by atoms with van der Waals surface area (Å²) in [4.78, 5) is 0. The van der Waals surface area contributed by atoms with Crippen LogP contribution >= 0.6 is 0 Å². The fourth-order valence-electron chi connectivity index (χ4n) is 1.63. The molecule has 0 unspecified atom stereocenters. The lowest BCUT2D eigenvalue weighted by Gasteiger charge is -2.28. The lowest BCUT2D eigenvalue weighted by atomic mass is 10.2. The number of rotatable bonds is 2. The summed E-state index contributed by atoms with van der Waals surface area (Å²) < 4.78 is 55.7. The molecule has 3 nitrogen and oxygen atoms in total. The fourth-order valence-corrected chi connectivity index (χ4v) is 1.63. The Labute approximate surface area is 101 Å². The maximum atomic E-state index is 13.5. The molecule has 1 aliphatic rings. The van der Waals surface area contributed by atoms with Gasteiger partial charge in [-0.05, 0) is 18.2 Å². The fraction of sp³-hybridized carbons (Fsp3) is 0.455. The van der Waals surface area contributed by atoms with Crippen LogP contribution in [0.1, 0.15) is 5.56 Å². The van der Waals surface area contributed by atoms with Gasteiger partial charge in [-0.1, -0.05) is 0 Å². The van der Waals surface area contributed by atoms with Gasteiger partial charge in [0.1, 0.15) is 5.82 Å². The molecule has 1 aliphatic heterocycles. The Kier molecular flexibility index (Phi) is 3.72. The zero-order valence-corrected chi connectivity index (χ0v) is 9.43. The molecular weight excluding hydrogens is 252 g/mol. The third-order valence-corrected chi connectivity index (χ3v) is 2.59. The van der Waals surface area contributed by atoms with Gasteiger partial charge in [0.2, 0.25) is 0 Å². The van der Waals surface area contributed by atoms with E-state index in [-0.39, 0.29) is 5.69 Å². The van der Waals surface area contributed by atoms with Crippen LogP contribution < -0.4 is 5.43 Å². The molecule has 0 spiro atoms. The van der Waals surface area contributed by atoms with Gasteiger partial charge >= 0.3 is 6.18 Å². The van der Waals surface area contributed by atoms with Crippen molar-refractivity contribution < 1.29 is 22.3 Å². The molecule has 0 atom stereocenters. The summed E-state index contributed by atoms with van der Waals surface area (Å²) in [6, 6.07) is 2.43. The summed E-state index contributed by atoms with van der Waals surface area (Å²) in [6.07, 6.45) is -4.53. The number of hydrogen-bond acceptors (Lipinski definition) is 3. The van der Waals surface area contributed by atoms with Crippen molar-refractivity contribution in [2.75, 3.05) is 31.7 Å². The maximum Gasteiger partial charge on any atom is 0.416 e. The zero-order chi connectivity index (χ0) is 13.2. The van der Waals surface area contributed by atoms with Gasteiger partial charge in [-0.2, -0.15) is 13.2 Å². The minimum atomic E-state index is -4.53. The molecule has 0 aromatic heterocycles. The Bertz CT molecular complexity index is 416. The molecule has 1 saturated heterocycles. The van der Waals surface area contributed by atoms with E-state index in [4.69, 9.17) is 4.74 Å². The summed E-state index contributed by atoms with van der Waals surface area (Å²) in [5.41, 5.74) is 1.78. The van der Waals surface area contributed by atoms with Crippen LogP contribution in [0.5, 0.6) is 0 Å². The van der Waals surface area contributed by atoms with Crippen molar-refractivity contribution in [2.24, 2.45) is 0 Å². The second kappa shape index (κ2) is 5.11. The normalized spacial score (nSPS) is 17.8. The Hall–Kier alpha value is -1.34. The predicted octanol–water partition coefficient (Wildman–Crippen LogP) is 2.50. The highest BCUT2D eigenvalue weighted by Gasteiger charge is 2.31. The van der Waals surface area contributed by atoms with Crippen molar-refractivity contribution in [1.29, 1.82) is 0 Å². The number of halogens is 4. The van der Waals surface area contributed by atoms with Gasteiger partial charge < -0.3 is 10.2 Å². The van der Waals surface area contributed by atoms with Gasteiger partial charge in [-0.3, -0.25) is 0 Å². The molecule has 0 saturated carbocycles. The van der Waals surface area contributed by atoms with Gasteiger partial charge in [-0.25, -0.2) is 9.40 Å². The maximum absolute atomic E-state index is 13.5. The third kappa shape index (κ3) is 3.11. The summed E-state index contributed by atoms with van der Waals surface area (Å²) in [5.74, 6) is -0.920. The average Bonchev–Trinajstić information content (AvgIpc) is 2.32. The van der Waals surface area contributed by atoms with Crippen molar-refractivity contribution in [3.05, 3.63) is 29.6 Å². The molecular formula is C11H12F4N2O. The Morgan fingerprint density at radius 3 is 2.39 bits per heavy atom. The van der Waals surface area contributed by atoms with Crippen LogP contribution in [0.4, 0.5) is 23.2 Å². The number of anilines is 1. The number of ether oxygens (including phenoxy) is 1. The monoisotopic (exact) mass is 264 g/mol. The molecule has 1 heterocycles. The van der Waals surface area contributed by atoms with Crippen LogP contribution in [0.3, 0.4) is 0 Å². The molecule has 100 valence electrons. The number of morpholine rings is 1. The first-order valence-electron chi connectivity index (χ1n) is 5.43.